The molecule has 274 valence electrons. The molecule has 10 rings (SSSR count). The third-order valence-corrected chi connectivity index (χ3v) is 10.6. The van der Waals surface area contributed by atoms with Crippen molar-refractivity contribution < 1.29 is 0 Å². The van der Waals surface area contributed by atoms with Gasteiger partial charge in [-0.2, -0.15) is 0 Å². The number of fused-ring (bicyclic) bond motifs is 1. The summed E-state index contributed by atoms with van der Waals surface area (Å²) >= 11 is 0. The van der Waals surface area contributed by atoms with Gasteiger partial charge in [-0.3, -0.25) is 4.98 Å². The lowest BCUT2D eigenvalue weighted by Gasteiger charge is -2.24. The molecule has 58 heavy (non-hydrogen) atoms. The fourth-order valence-electron chi connectivity index (χ4n) is 7.57. The van der Waals surface area contributed by atoms with E-state index >= 15 is 0 Å². The van der Waals surface area contributed by atoms with E-state index in [4.69, 9.17) is 15.0 Å². The molecule has 5 heteroatoms. The molecule has 2 aromatic heterocycles. The highest BCUT2D eigenvalue weighted by Crippen LogP contribution is 2.35. The van der Waals surface area contributed by atoms with Gasteiger partial charge in [-0.05, 0) is 92.2 Å². The summed E-state index contributed by atoms with van der Waals surface area (Å²) in [6.45, 7) is 0. The molecule has 0 saturated carbocycles. The van der Waals surface area contributed by atoms with Crippen molar-refractivity contribution in [1.29, 1.82) is 0 Å². The highest BCUT2D eigenvalue weighted by Gasteiger charge is 2.21. The summed E-state index contributed by atoms with van der Waals surface area (Å²) in [5.41, 5.74) is 13.7. The van der Waals surface area contributed by atoms with E-state index in [0.29, 0.717) is 5.84 Å². The topological polar surface area (TPSA) is 62.5 Å². The van der Waals surface area contributed by atoms with Gasteiger partial charge < -0.3 is 5.32 Å². The molecular formula is C53H37N5. The van der Waals surface area contributed by atoms with Crippen molar-refractivity contribution in [3.63, 3.8) is 0 Å². The van der Waals surface area contributed by atoms with E-state index in [0.717, 1.165) is 78.4 Å². The Hall–Kier alpha value is -7.76. The lowest BCUT2D eigenvalue weighted by atomic mass is 9.95. The standard InChI is InChI=1S/C53H37N5/c1-3-12-40(13-4-1)51-56-52(41-14-5-2-6-15-41)58-53(57-51)47-20-10-18-44(33-47)43-17-9-19-45(32-43)49-34-48(38-23-21-37(22-24-38)39-27-29-54-30-28-39)35-50(55-49)46-26-25-36-11-7-8-16-42(36)31-46/h1-35,53H,(H,56,57,58). The first-order valence-corrected chi connectivity index (χ1v) is 19.5. The zero-order valence-corrected chi connectivity index (χ0v) is 31.6. The van der Waals surface area contributed by atoms with Gasteiger partial charge in [-0.15, -0.1) is 0 Å². The maximum Gasteiger partial charge on any atom is 0.159 e. The molecule has 1 atom stereocenters. The third-order valence-electron chi connectivity index (χ3n) is 10.6. The number of nitrogens with zero attached hydrogens (tertiary/aromatic N) is 4. The van der Waals surface area contributed by atoms with Gasteiger partial charge in [0.15, 0.2) is 5.84 Å². The fraction of sp³-hybridized carbons (Fsp3) is 0.0189. The summed E-state index contributed by atoms with van der Waals surface area (Å²) in [4.78, 5) is 19.6. The van der Waals surface area contributed by atoms with Crippen molar-refractivity contribution in [3.05, 3.63) is 229 Å². The van der Waals surface area contributed by atoms with E-state index in [1.54, 1.807) is 0 Å². The van der Waals surface area contributed by atoms with Crippen molar-refractivity contribution in [2.45, 2.75) is 6.17 Å². The molecule has 3 heterocycles. The summed E-state index contributed by atoms with van der Waals surface area (Å²) in [6.07, 6.45) is 3.34. The van der Waals surface area contributed by atoms with E-state index in [1.807, 2.05) is 60.9 Å². The summed E-state index contributed by atoms with van der Waals surface area (Å²) in [6, 6.07) is 70.0. The molecule has 1 N–H and O–H groups in total. The van der Waals surface area contributed by atoms with Gasteiger partial charge in [0.25, 0.3) is 0 Å². The van der Waals surface area contributed by atoms with Crippen LogP contribution in [0.5, 0.6) is 0 Å². The molecule has 9 aromatic rings. The van der Waals surface area contributed by atoms with Crippen LogP contribution in [-0.2, 0) is 0 Å². The quantitative estimate of drug-likeness (QED) is 0.169. The van der Waals surface area contributed by atoms with Crippen LogP contribution in [0.2, 0.25) is 0 Å². The largest absolute Gasteiger partial charge is 0.344 e. The Morgan fingerprint density at radius 1 is 0.362 bits per heavy atom. The van der Waals surface area contributed by atoms with Gasteiger partial charge in [0.2, 0.25) is 0 Å². The highest BCUT2D eigenvalue weighted by atomic mass is 15.2. The number of nitrogens with one attached hydrogen (secondary N) is 1. The Kier molecular flexibility index (Phi) is 9.22. The minimum atomic E-state index is -0.321. The predicted octanol–water partition coefficient (Wildman–Crippen LogP) is 12.5. The minimum absolute atomic E-state index is 0.321. The van der Waals surface area contributed by atoms with Crippen LogP contribution in [0.4, 0.5) is 0 Å². The van der Waals surface area contributed by atoms with Crippen LogP contribution in [0, 0.1) is 0 Å². The van der Waals surface area contributed by atoms with Crippen LogP contribution in [-0.4, -0.2) is 21.6 Å². The van der Waals surface area contributed by atoms with Gasteiger partial charge in [-0.1, -0.05) is 158 Å². The van der Waals surface area contributed by atoms with Gasteiger partial charge in [0.1, 0.15) is 12.0 Å². The smallest absolute Gasteiger partial charge is 0.159 e. The second-order valence-corrected chi connectivity index (χ2v) is 14.4. The Morgan fingerprint density at radius 2 is 0.914 bits per heavy atom. The maximum atomic E-state index is 5.32. The second-order valence-electron chi connectivity index (χ2n) is 14.4. The summed E-state index contributed by atoms with van der Waals surface area (Å²) in [5.74, 6) is 1.50. The summed E-state index contributed by atoms with van der Waals surface area (Å²) in [5, 5.41) is 6.01. The molecule has 0 radical (unpaired) electrons. The molecule has 0 bridgehead atoms. The number of hydrogen-bond donors (Lipinski definition) is 1. The average Bonchev–Trinajstić information content (AvgIpc) is 3.32. The Balaban J connectivity index is 1.03. The Morgan fingerprint density at radius 3 is 1.66 bits per heavy atom. The summed E-state index contributed by atoms with van der Waals surface area (Å²) < 4.78 is 0. The number of aromatic nitrogens is 2. The zero-order valence-electron chi connectivity index (χ0n) is 31.6. The van der Waals surface area contributed by atoms with E-state index < -0.39 is 0 Å². The van der Waals surface area contributed by atoms with Gasteiger partial charge in [0.05, 0.1) is 11.4 Å². The van der Waals surface area contributed by atoms with Crippen molar-refractivity contribution in [3.8, 4) is 55.9 Å². The van der Waals surface area contributed by atoms with Crippen LogP contribution in [0.25, 0.3) is 66.7 Å². The monoisotopic (exact) mass is 743 g/mol. The number of pyridine rings is 2. The second kappa shape index (κ2) is 15.4. The van der Waals surface area contributed by atoms with E-state index in [1.165, 1.54) is 10.8 Å². The number of aliphatic imine (C=N–C) groups is 2. The molecule has 0 amide bonds. The average molecular weight is 744 g/mol. The van der Waals surface area contributed by atoms with Crippen LogP contribution in [0.1, 0.15) is 22.9 Å². The van der Waals surface area contributed by atoms with Crippen molar-refractivity contribution in [2.75, 3.05) is 0 Å². The molecule has 1 aliphatic rings. The van der Waals surface area contributed by atoms with Crippen LogP contribution < -0.4 is 5.32 Å². The molecule has 0 fully saturated rings. The van der Waals surface area contributed by atoms with E-state index in [9.17, 15) is 0 Å². The molecule has 1 aliphatic heterocycles. The van der Waals surface area contributed by atoms with Crippen molar-refractivity contribution in [1.82, 2.24) is 15.3 Å². The number of hydrogen-bond acceptors (Lipinski definition) is 5. The van der Waals surface area contributed by atoms with Gasteiger partial charge in [0, 0.05) is 34.6 Å². The molecule has 1 unspecified atom stereocenters. The molecule has 0 saturated heterocycles. The minimum Gasteiger partial charge on any atom is -0.344 e. The van der Waals surface area contributed by atoms with Gasteiger partial charge >= 0.3 is 0 Å². The zero-order chi connectivity index (χ0) is 38.7. The van der Waals surface area contributed by atoms with Crippen LogP contribution in [0.15, 0.2) is 223 Å². The molecule has 7 aromatic carbocycles. The maximum absolute atomic E-state index is 5.32. The van der Waals surface area contributed by atoms with Crippen molar-refractivity contribution in [2.24, 2.45) is 9.98 Å². The molecule has 0 spiro atoms. The first kappa shape index (κ1) is 34.7. The molecular weight excluding hydrogens is 707 g/mol. The van der Waals surface area contributed by atoms with Crippen LogP contribution >= 0.6 is 0 Å². The summed E-state index contributed by atoms with van der Waals surface area (Å²) in [7, 11) is 0. The predicted molar refractivity (Wildman–Crippen MR) is 239 cm³/mol. The fourth-order valence-corrected chi connectivity index (χ4v) is 7.57. The van der Waals surface area contributed by atoms with E-state index in [-0.39, 0.29) is 6.17 Å². The first-order valence-electron chi connectivity index (χ1n) is 19.5. The van der Waals surface area contributed by atoms with Crippen LogP contribution in [0.3, 0.4) is 0 Å². The Labute approximate surface area is 337 Å². The lowest BCUT2D eigenvalue weighted by molar-refractivity contribution is 0.674. The number of benzene rings is 7. The number of amidine groups is 2. The first-order chi connectivity index (χ1) is 28.7. The SMILES string of the molecule is c1ccc(C2=NC(c3cccc(-c4cccc(-c5cc(-c6ccc(-c7ccncc7)cc6)cc(-c6ccc7ccccc7c6)n5)c4)c3)NC(c3ccccc3)=N2)cc1. The normalized spacial score (nSPS) is 13.7. The van der Waals surface area contributed by atoms with Gasteiger partial charge in [-0.25, -0.2) is 15.0 Å². The highest BCUT2D eigenvalue weighted by molar-refractivity contribution is 6.13. The molecule has 0 aliphatic carbocycles. The third kappa shape index (κ3) is 7.20. The Bertz CT molecular complexity index is 2960. The van der Waals surface area contributed by atoms with E-state index in [2.05, 4.69) is 162 Å². The number of rotatable bonds is 8. The molecule has 5 nitrogen and oxygen atoms in total. The van der Waals surface area contributed by atoms with Crippen molar-refractivity contribution >= 4 is 22.4 Å². The lowest BCUT2D eigenvalue weighted by Crippen LogP contribution is -2.33.